The predicted octanol–water partition coefficient (Wildman–Crippen LogP) is 1.82. The fraction of sp³-hybridized carbons (Fsp3) is 0.200. The highest BCUT2D eigenvalue weighted by Gasteiger charge is 2.11. The minimum absolute atomic E-state index is 0.257. The number of hydrogen-bond donors (Lipinski definition) is 1. The molecule has 2 heterocycles. The quantitative estimate of drug-likeness (QED) is 0.922. The van der Waals surface area contributed by atoms with Crippen LogP contribution >= 0.6 is 22.9 Å². The van der Waals surface area contributed by atoms with Crippen molar-refractivity contribution in [3.05, 3.63) is 39.1 Å². The Hall–Kier alpha value is -1.53. The SMILES string of the molecule is Cc1ccc(CNC(=O)c2nnc(Cl)s2)cn1. The van der Waals surface area contributed by atoms with Gasteiger partial charge in [0.2, 0.25) is 9.47 Å². The molecule has 2 rings (SSSR count). The molecular weight excluding hydrogens is 260 g/mol. The lowest BCUT2D eigenvalue weighted by atomic mass is 10.2. The van der Waals surface area contributed by atoms with E-state index in [-0.39, 0.29) is 15.4 Å². The van der Waals surface area contributed by atoms with Gasteiger partial charge in [-0.25, -0.2) is 0 Å². The fourth-order valence-electron chi connectivity index (χ4n) is 1.16. The molecule has 0 saturated heterocycles. The number of carbonyl (C=O) groups is 1. The molecule has 17 heavy (non-hydrogen) atoms. The van der Waals surface area contributed by atoms with E-state index in [1.807, 2.05) is 19.1 Å². The van der Waals surface area contributed by atoms with Crippen molar-refractivity contribution < 1.29 is 4.79 Å². The highest BCUT2D eigenvalue weighted by Crippen LogP contribution is 2.14. The first-order valence-electron chi connectivity index (χ1n) is 4.84. The van der Waals surface area contributed by atoms with E-state index in [2.05, 4.69) is 20.5 Å². The summed E-state index contributed by atoms with van der Waals surface area (Å²) in [6.07, 6.45) is 1.72. The summed E-state index contributed by atoms with van der Waals surface area (Å²) in [5, 5.41) is 10.2. The van der Waals surface area contributed by atoms with Gasteiger partial charge in [0.1, 0.15) is 0 Å². The van der Waals surface area contributed by atoms with Crippen LogP contribution in [0.3, 0.4) is 0 Å². The summed E-state index contributed by atoms with van der Waals surface area (Å²) in [5.41, 5.74) is 1.87. The van der Waals surface area contributed by atoms with E-state index in [4.69, 9.17) is 11.6 Å². The molecule has 1 amide bonds. The van der Waals surface area contributed by atoms with E-state index in [9.17, 15) is 4.79 Å². The number of amides is 1. The van der Waals surface area contributed by atoms with Crippen molar-refractivity contribution in [1.29, 1.82) is 0 Å². The lowest BCUT2D eigenvalue weighted by molar-refractivity contribution is 0.0950. The minimum atomic E-state index is -0.282. The van der Waals surface area contributed by atoms with E-state index in [0.29, 0.717) is 6.54 Å². The molecule has 1 N–H and O–H groups in total. The van der Waals surface area contributed by atoms with Crippen molar-refractivity contribution in [1.82, 2.24) is 20.5 Å². The summed E-state index contributed by atoms with van der Waals surface area (Å²) in [4.78, 5) is 15.8. The zero-order valence-electron chi connectivity index (χ0n) is 8.98. The molecule has 0 fully saturated rings. The van der Waals surface area contributed by atoms with Crippen LogP contribution in [-0.2, 0) is 6.54 Å². The second kappa shape index (κ2) is 5.20. The van der Waals surface area contributed by atoms with Crippen LogP contribution in [0.15, 0.2) is 18.3 Å². The Morgan fingerprint density at radius 2 is 2.29 bits per heavy atom. The van der Waals surface area contributed by atoms with Gasteiger partial charge in [-0.2, -0.15) is 0 Å². The van der Waals surface area contributed by atoms with Gasteiger partial charge < -0.3 is 5.32 Å². The fourth-order valence-corrected chi connectivity index (χ4v) is 1.90. The number of hydrogen-bond acceptors (Lipinski definition) is 5. The Bertz CT molecular complexity index is 525. The highest BCUT2D eigenvalue weighted by atomic mass is 35.5. The molecule has 5 nitrogen and oxygen atoms in total. The molecule has 0 unspecified atom stereocenters. The van der Waals surface area contributed by atoms with Crippen molar-refractivity contribution >= 4 is 28.8 Å². The maximum absolute atomic E-state index is 11.6. The molecular formula is C10H9ClN4OS. The average Bonchev–Trinajstić information content (AvgIpc) is 2.75. The minimum Gasteiger partial charge on any atom is -0.346 e. The van der Waals surface area contributed by atoms with Crippen LogP contribution in [0, 0.1) is 6.92 Å². The Balaban J connectivity index is 1.94. The average molecular weight is 269 g/mol. The summed E-state index contributed by atoms with van der Waals surface area (Å²) in [6.45, 7) is 2.31. The highest BCUT2D eigenvalue weighted by molar-refractivity contribution is 7.17. The molecule has 0 aliphatic rings. The topological polar surface area (TPSA) is 67.8 Å². The smallest absolute Gasteiger partial charge is 0.282 e. The summed E-state index contributed by atoms with van der Waals surface area (Å²) in [6, 6.07) is 3.80. The van der Waals surface area contributed by atoms with Crippen molar-refractivity contribution in [3.8, 4) is 0 Å². The molecule has 0 spiro atoms. The Morgan fingerprint density at radius 3 is 2.88 bits per heavy atom. The van der Waals surface area contributed by atoms with Gasteiger partial charge in [-0.3, -0.25) is 9.78 Å². The van der Waals surface area contributed by atoms with E-state index < -0.39 is 0 Å². The second-order valence-corrected chi connectivity index (χ2v) is 4.91. The Kier molecular flexibility index (Phi) is 3.65. The van der Waals surface area contributed by atoms with Crippen molar-refractivity contribution in [2.24, 2.45) is 0 Å². The lowest BCUT2D eigenvalue weighted by Gasteiger charge is -2.02. The number of rotatable bonds is 3. The second-order valence-electron chi connectivity index (χ2n) is 3.35. The van der Waals surface area contributed by atoms with Gasteiger partial charge >= 0.3 is 0 Å². The number of carbonyl (C=O) groups excluding carboxylic acids is 1. The first-order valence-corrected chi connectivity index (χ1v) is 6.03. The van der Waals surface area contributed by atoms with Gasteiger partial charge in [0.15, 0.2) is 0 Å². The number of nitrogens with zero attached hydrogens (tertiary/aromatic N) is 3. The molecule has 0 radical (unpaired) electrons. The summed E-state index contributed by atoms with van der Waals surface area (Å²) in [7, 11) is 0. The van der Waals surface area contributed by atoms with Gasteiger partial charge in [-0.05, 0) is 30.2 Å². The number of pyridine rings is 1. The van der Waals surface area contributed by atoms with Crippen molar-refractivity contribution in [3.63, 3.8) is 0 Å². The van der Waals surface area contributed by atoms with Crippen LogP contribution in [0.2, 0.25) is 4.47 Å². The first kappa shape index (κ1) is 11.9. The Labute approximate surface area is 107 Å². The number of aromatic nitrogens is 3. The number of aryl methyl sites for hydroxylation is 1. The molecule has 0 aliphatic carbocycles. The van der Waals surface area contributed by atoms with E-state index in [1.54, 1.807) is 6.20 Å². The van der Waals surface area contributed by atoms with Gasteiger partial charge in [0.05, 0.1) is 0 Å². The van der Waals surface area contributed by atoms with Crippen molar-refractivity contribution in [2.45, 2.75) is 13.5 Å². The van der Waals surface area contributed by atoms with Crippen LogP contribution in [0.5, 0.6) is 0 Å². The molecule has 0 aliphatic heterocycles. The van der Waals surface area contributed by atoms with Gasteiger partial charge in [-0.1, -0.05) is 17.4 Å². The molecule has 88 valence electrons. The zero-order valence-corrected chi connectivity index (χ0v) is 10.5. The van der Waals surface area contributed by atoms with Gasteiger partial charge in [0.25, 0.3) is 5.91 Å². The molecule has 7 heteroatoms. The number of halogens is 1. The molecule has 0 saturated carbocycles. The summed E-state index contributed by atoms with van der Waals surface area (Å²) in [5.74, 6) is -0.282. The van der Waals surface area contributed by atoms with Crippen LogP contribution in [0.1, 0.15) is 21.1 Å². The van der Waals surface area contributed by atoms with Gasteiger partial charge in [0, 0.05) is 18.4 Å². The predicted molar refractivity (Wildman–Crippen MR) is 65.1 cm³/mol. The normalized spacial score (nSPS) is 10.2. The Morgan fingerprint density at radius 1 is 1.47 bits per heavy atom. The largest absolute Gasteiger partial charge is 0.346 e. The van der Waals surface area contributed by atoms with Crippen molar-refractivity contribution in [2.75, 3.05) is 0 Å². The lowest BCUT2D eigenvalue weighted by Crippen LogP contribution is -2.22. The third-order valence-electron chi connectivity index (χ3n) is 2.02. The molecule has 0 bridgehead atoms. The molecule has 2 aromatic rings. The molecule has 2 aromatic heterocycles. The standard InChI is InChI=1S/C10H9ClN4OS/c1-6-2-3-7(4-12-6)5-13-8(16)9-14-15-10(11)17-9/h2-4H,5H2,1H3,(H,13,16). The monoisotopic (exact) mass is 268 g/mol. The van der Waals surface area contributed by atoms with Crippen LogP contribution in [0.4, 0.5) is 0 Å². The maximum atomic E-state index is 11.6. The number of nitrogens with one attached hydrogen (secondary N) is 1. The van der Waals surface area contributed by atoms with E-state index in [0.717, 1.165) is 22.6 Å². The maximum Gasteiger partial charge on any atom is 0.282 e. The molecule has 0 atom stereocenters. The third-order valence-corrected chi connectivity index (χ3v) is 3.04. The third kappa shape index (κ3) is 3.21. The van der Waals surface area contributed by atoms with Gasteiger partial charge in [-0.15, -0.1) is 10.2 Å². The summed E-state index contributed by atoms with van der Waals surface area (Å²) < 4.78 is 0.257. The first-order chi connectivity index (χ1) is 8.15. The van der Waals surface area contributed by atoms with E-state index >= 15 is 0 Å². The van der Waals surface area contributed by atoms with Crippen LogP contribution in [0.25, 0.3) is 0 Å². The van der Waals surface area contributed by atoms with E-state index in [1.165, 1.54) is 0 Å². The summed E-state index contributed by atoms with van der Waals surface area (Å²) >= 11 is 6.64. The zero-order chi connectivity index (χ0) is 12.3. The van der Waals surface area contributed by atoms with Crippen LogP contribution < -0.4 is 5.32 Å². The van der Waals surface area contributed by atoms with Crippen LogP contribution in [-0.4, -0.2) is 21.1 Å². The molecule has 0 aromatic carbocycles.